The zero-order valence-electron chi connectivity index (χ0n) is 16.6. The number of nitrogens with zero attached hydrogens (tertiary/aromatic N) is 1. The topological polar surface area (TPSA) is 78.5 Å². The van der Waals surface area contributed by atoms with Gasteiger partial charge in [-0.2, -0.15) is 0 Å². The predicted molar refractivity (Wildman–Crippen MR) is 121 cm³/mol. The Morgan fingerprint density at radius 1 is 0.806 bits per heavy atom. The molecule has 0 spiro atoms. The standard InChI is InChI=1S/C24H18ClN3O3/c1-15-7-13-19(14-8-15)28-23(30)20(25)21(24(28)31)26-18-11-9-16(10-12-18)22(29)27-17-5-3-2-4-6-17/h2-14,26H,1H3,(H,27,29). The van der Waals surface area contributed by atoms with E-state index < -0.39 is 11.8 Å². The summed E-state index contributed by atoms with van der Waals surface area (Å²) in [4.78, 5) is 38.8. The molecule has 31 heavy (non-hydrogen) atoms. The minimum absolute atomic E-state index is 0.00581. The maximum atomic E-state index is 12.8. The summed E-state index contributed by atoms with van der Waals surface area (Å²) in [5, 5.41) is 5.52. The van der Waals surface area contributed by atoms with Gasteiger partial charge in [-0.05, 0) is 55.5 Å². The Labute approximate surface area is 184 Å². The van der Waals surface area contributed by atoms with Gasteiger partial charge in [0.1, 0.15) is 10.7 Å². The molecule has 3 aromatic carbocycles. The van der Waals surface area contributed by atoms with Crippen molar-refractivity contribution >= 4 is 46.4 Å². The normalized spacial score (nSPS) is 13.5. The van der Waals surface area contributed by atoms with Gasteiger partial charge in [0.05, 0.1) is 5.69 Å². The molecule has 3 aromatic rings. The number of hydrogen-bond donors (Lipinski definition) is 2. The highest BCUT2D eigenvalue weighted by Gasteiger charge is 2.38. The van der Waals surface area contributed by atoms with Gasteiger partial charge in [0.25, 0.3) is 17.7 Å². The summed E-state index contributed by atoms with van der Waals surface area (Å²) in [7, 11) is 0. The maximum absolute atomic E-state index is 12.8. The molecule has 4 rings (SSSR count). The van der Waals surface area contributed by atoms with Crippen LogP contribution in [0.5, 0.6) is 0 Å². The van der Waals surface area contributed by atoms with Crippen molar-refractivity contribution in [3.05, 3.63) is 101 Å². The third-order valence-electron chi connectivity index (χ3n) is 4.77. The van der Waals surface area contributed by atoms with E-state index in [4.69, 9.17) is 11.6 Å². The van der Waals surface area contributed by atoms with Crippen molar-refractivity contribution in [1.29, 1.82) is 0 Å². The van der Waals surface area contributed by atoms with E-state index in [-0.39, 0.29) is 16.6 Å². The Hall–Kier alpha value is -3.90. The van der Waals surface area contributed by atoms with Crippen LogP contribution in [0, 0.1) is 6.92 Å². The van der Waals surface area contributed by atoms with Crippen LogP contribution >= 0.6 is 11.6 Å². The third kappa shape index (κ3) is 4.20. The number of nitrogens with one attached hydrogen (secondary N) is 2. The number of benzene rings is 3. The zero-order valence-corrected chi connectivity index (χ0v) is 17.3. The molecule has 0 fully saturated rings. The van der Waals surface area contributed by atoms with Crippen molar-refractivity contribution in [1.82, 2.24) is 0 Å². The molecule has 1 aliphatic heterocycles. The van der Waals surface area contributed by atoms with Gasteiger partial charge >= 0.3 is 0 Å². The molecule has 0 radical (unpaired) electrons. The molecule has 154 valence electrons. The van der Waals surface area contributed by atoms with Gasteiger partial charge in [0.15, 0.2) is 0 Å². The van der Waals surface area contributed by atoms with E-state index in [0.29, 0.717) is 22.6 Å². The average Bonchev–Trinajstić information content (AvgIpc) is 2.99. The first-order valence-electron chi connectivity index (χ1n) is 9.53. The van der Waals surface area contributed by atoms with E-state index in [9.17, 15) is 14.4 Å². The first-order valence-corrected chi connectivity index (χ1v) is 9.90. The van der Waals surface area contributed by atoms with Crippen molar-refractivity contribution in [2.75, 3.05) is 15.5 Å². The molecule has 0 aliphatic carbocycles. The Bertz CT molecular complexity index is 1190. The van der Waals surface area contributed by atoms with Crippen LogP contribution in [0.4, 0.5) is 17.1 Å². The van der Waals surface area contributed by atoms with Crippen molar-refractivity contribution in [3.63, 3.8) is 0 Å². The Morgan fingerprint density at radius 3 is 2.10 bits per heavy atom. The average molecular weight is 432 g/mol. The number of carbonyl (C=O) groups excluding carboxylic acids is 3. The molecule has 0 atom stereocenters. The quantitative estimate of drug-likeness (QED) is 0.575. The summed E-state index contributed by atoms with van der Waals surface area (Å²) in [5.74, 6) is -1.38. The minimum atomic E-state index is -0.586. The third-order valence-corrected chi connectivity index (χ3v) is 5.12. The molecule has 1 aliphatic rings. The van der Waals surface area contributed by atoms with E-state index in [0.717, 1.165) is 10.5 Å². The molecule has 0 aromatic heterocycles. The predicted octanol–water partition coefficient (Wildman–Crippen LogP) is 4.68. The maximum Gasteiger partial charge on any atom is 0.283 e. The molecule has 6 nitrogen and oxygen atoms in total. The van der Waals surface area contributed by atoms with Crippen LogP contribution in [-0.4, -0.2) is 17.7 Å². The number of hydrogen-bond acceptors (Lipinski definition) is 4. The second-order valence-corrected chi connectivity index (χ2v) is 7.37. The zero-order chi connectivity index (χ0) is 22.0. The van der Waals surface area contributed by atoms with E-state index in [2.05, 4.69) is 10.6 Å². The summed E-state index contributed by atoms with van der Waals surface area (Å²) in [6, 6.07) is 22.7. The molecule has 3 amide bonds. The largest absolute Gasteiger partial charge is 0.350 e. The summed E-state index contributed by atoms with van der Waals surface area (Å²) >= 11 is 6.16. The summed E-state index contributed by atoms with van der Waals surface area (Å²) in [6.45, 7) is 1.92. The molecule has 0 bridgehead atoms. The number of halogens is 1. The molecule has 1 heterocycles. The fourth-order valence-electron chi connectivity index (χ4n) is 3.11. The lowest BCUT2D eigenvalue weighted by atomic mass is 10.2. The minimum Gasteiger partial charge on any atom is -0.350 e. The van der Waals surface area contributed by atoms with Crippen LogP contribution in [-0.2, 0) is 9.59 Å². The van der Waals surface area contributed by atoms with Crippen LogP contribution in [0.15, 0.2) is 89.6 Å². The van der Waals surface area contributed by atoms with Crippen LogP contribution in [0.2, 0.25) is 0 Å². The number of carbonyl (C=O) groups is 3. The van der Waals surface area contributed by atoms with Crippen molar-refractivity contribution < 1.29 is 14.4 Å². The first-order chi connectivity index (χ1) is 14.9. The van der Waals surface area contributed by atoms with Crippen molar-refractivity contribution in [3.8, 4) is 0 Å². The van der Waals surface area contributed by atoms with Crippen LogP contribution in [0.1, 0.15) is 15.9 Å². The monoisotopic (exact) mass is 431 g/mol. The highest BCUT2D eigenvalue weighted by Crippen LogP contribution is 2.30. The lowest BCUT2D eigenvalue weighted by Crippen LogP contribution is -2.32. The van der Waals surface area contributed by atoms with Gasteiger partial charge in [-0.25, -0.2) is 4.90 Å². The molecular formula is C24H18ClN3O3. The molecule has 0 unspecified atom stereocenters. The summed E-state index contributed by atoms with van der Waals surface area (Å²) < 4.78 is 0. The summed E-state index contributed by atoms with van der Waals surface area (Å²) in [5.41, 5.74) is 3.12. The van der Waals surface area contributed by atoms with Gasteiger partial charge in [0.2, 0.25) is 0 Å². The molecule has 0 saturated heterocycles. The molecular weight excluding hydrogens is 414 g/mol. The van der Waals surface area contributed by atoms with Gasteiger partial charge in [-0.1, -0.05) is 47.5 Å². The highest BCUT2D eigenvalue weighted by molar-refractivity contribution is 6.53. The number of amides is 3. The van der Waals surface area contributed by atoms with Crippen LogP contribution < -0.4 is 15.5 Å². The van der Waals surface area contributed by atoms with E-state index >= 15 is 0 Å². The molecule has 2 N–H and O–H groups in total. The first kappa shape index (κ1) is 20.4. The number of imide groups is 1. The lowest BCUT2D eigenvalue weighted by molar-refractivity contribution is -0.120. The molecule has 7 heteroatoms. The van der Waals surface area contributed by atoms with Crippen molar-refractivity contribution in [2.24, 2.45) is 0 Å². The highest BCUT2D eigenvalue weighted by atomic mass is 35.5. The lowest BCUT2D eigenvalue weighted by Gasteiger charge is -2.15. The fraction of sp³-hybridized carbons (Fsp3) is 0.0417. The van der Waals surface area contributed by atoms with E-state index in [1.165, 1.54) is 0 Å². The number of para-hydroxylation sites is 1. The van der Waals surface area contributed by atoms with Crippen LogP contribution in [0.3, 0.4) is 0 Å². The number of rotatable bonds is 5. The Balaban J connectivity index is 1.48. The fourth-order valence-corrected chi connectivity index (χ4v) is 3.33. The second-order valence-electron chi connectivity index (χ2n) is 6.99. The van der Waals surface area contributed by atoms with E-state index in [1.807, 2.05) is 37.3 Å². The van der Waals surface area contributed by atoms with Crippen molar-refractivity contribution in [2.45, 2.75) is 6.92 Å². The van der Waals surface area contributed by atoms with Gasteiger partial charge in [-0.15, -0.1) is 0 Å². The SMILES string of the molecule is Cc1ccc(N2C(=O)C(Cl)=C(Nc3ccc(C(=O)Nc4ccccc4)cc3)C2=O)cc1. The second kappa shape index (κ2) is 8.45. The Morgan fingerprint density at radius 2 is 1.45 bits per heavy atom. The number of aryl methyl sites for hydroxylation is 1. The van der Waals surface area contributed by atoms with Crippen LogP contribution in [0.25, 0.3) is 0 Å². The van der Waals surface area contributed by atoms with E-state index in [1.54, 1.807) is 48.5 Å². The molecule has 0 saturated carbocycles. The van der Waals surface area contributed by atoms with Gasteiger partial charge in [0, 0.05) is 16.9 Å². The smallest absolute Gasteiger partial charge is 0.283 e. The summed E-state index contributed by atoms with van der Waals surface area (Å²) in [6.07, 6.45) is 0. The van der Waals surface area contributed by atoms with Gasteiger partial charge in [-0.3, -0.25) is 14.4 Å². The number of anilines is 3. The Kier molecular flexibility index (Phi) is 5.56. The van der Waals surface area contributed by atoms with Gasteiger partial charge < -0.3 is 10.6 Å².